The summed E-state index contributed by atoms with van der Waals surface area (Å²) >= 11 is 15.2. The van der Waals surface area contributed by atoms with E-state index in [4.69, 9.17) is 27.9 Å². The minimum atomic E-state index is -0.638. The van der Waals surface area contributed by atoms with E-state index >= 15 is 0 Å². The first-order chi connectivity index (χ1) is 13.3. The van der Waals surface area contributed by atoms with Gasteiger partial charge in [0.05, 0.1) is 10.9 Å². The molecule has 0 bridgehead atoms. The lowest BCUT2D eigenvalue weighted by molar-refractivity contribution is -0.151. The molecule has 3 rings (SSSR count). The summed E-state index contributed by atoms with van der Waals surface area (Å²) in [6, 6.07) is 11.8. The van der Waals surface area contributed by atoms with E-state index in [-0.39, 0.29) is 18.9 Å². The summed E-state index contributed by atoms with van der Waals surface area (Å²) in [6.45, 7) is -0.268. The first-order valence-electron chi connectivity index (χ1n) is 8.31. The zero-order valence-corrected chi connectivity index (χ0v) is 17.6. The molecule has 0 spiro atoms. The number of hydrogen-bond donors (Lipinski definition) is 1. The zero-order valence-electron chi connectivity index (χ0n) is 14.5. The minimum absolute atomic E-state index is 0.0231. The van der Waals surface area contributed by atoms with E-state index in [0.717, 1.165) is 0 Å². The van der Waals surface area contributed by atoms with Crippen LogP contribution in [0.25, 0.3) is 0 Å². The maximum Gasteiger partial charge on any atom is 0.311 e. The van der Waals surface area contributed by atoms with E-state index in [2.05, 4.69) is 21.2 Å². The van der Waals surface area contributed by atoms with Gasteiger partial charge in [-0.2, -0.15) is 0 Å². The third-order valence-electron chi connectivity index (χ3n) is 4.13. The third kappa shape index (κ3) is 5.04. The number of carbonyl (C=O) groups is 3. The number of halogens is 3. The quantitative estimate of drug-likeness (QED) is 0.641. The maximum absolute atomic E-state index is 12.3. The Morgan fingerprint density at radius 3 is 2.71 bits per heavy atom. The summed E-state index contributed by atoms with van der Waals surface area (Å²) in [5.41, 5.74) is 1.11. The molecule has 0 aromatic heterocycles. The number of esters is 1. The van der Waals surface area contributed by atoms with Gasteiger partial charge >= 0.3 is 5.97 Å². The lowest BCUT2D eigenvalue weighted by Gasteiger charge is -2.16. The molecule has 0 saturated carbocycles. The Labute approximate surface area is 179 Å². The van der Waals surface area contributed by atoms with Crippen molar-refractivity contribution in [2.45, 2.75) is 6.42 Å². The predicted molar refractivity (Wildman–Crippen MR) is 111 cm³/mol. The standard InChI is InChI=1S/C19H15BrCl2N2O4/c20-15-5-4-13(8-16(15)22)23-17(25)10-28-19(27)11-6-18(26)24(9-11)14-3-1-2-12(21)7-14/h1-5,7-8,11H,6,9-10H2,(H,23,25)/t11-/m0/s1. The van der Waals surface area contributed by atoms with Crippen molar-refractivity contribution in [3.05, 3.63) is 57.0 Å². The molecule has 28 heavy (non-hydrogen) atoms. The summed E-state index contributed by atoms with van der Waals surface area (Å²) in [4.78, 5) is 37.9. The molecule has 146 valence electrons. The second-order valence-corrected chi connectivity index (χ2v) is 7.87. The number of rotatable bonds is 5. The molecule has 1 heterocycles. The number of nitrogens with one attached hydrogen (secondary N) is 1. The van der Waals surface area contributed by atoms with Crippen LogP contribution >= 0.6 is 39.1 Å². The molecule has 1 atom stereocenters. The number of amides is 2. The summed E-state index contributed by atoms with van der Waals surface area (Å²) in [7, 11) is 0. The summed E-state index contributed by atoms with van der Waals surface area (Å²) < 4.78 is 5.77. The highest BCUT2D eigenvalue weighted by atomic mass is 79.9. The molecule has 2 aromatic carbocycles. The van der Waals surface area contributed by atoms with Gasteiger partial charge < -0.3 is 15.0 Å². The first-order valence-corrected chi connectivity index (χ1v) is 9.86. The molecule has 0 aliphatic carbocycles. The van der Waals surface area contributed by atoms with E-state index in [1.54, 1.807) is 42.5 Å². The fraction of sp³-hybridized carbons (Fsp3) is 0.211. The molecule has 1 aliphatic heterocycles. The van der Waals surface area contributed by atoms with E-state index < -0.39 is 24.4 Å². The van der Waals surface area contributed by atoms with E-state index in [9.17, 15) is 14.4 Å². The van der Waals surface area contributed by atoms with Crippen LogP contribution in [0, 0.1) is 5.92 Å². The molecule has 1 aliphatic rings. The molecule has 2 aromatic rings. The van der Waals surface area contributed by atoms with Crippen molar-refractivity contribution in [3.8, 4) is 0 Å². The third-order valence-corrected chi connectivity index (χ3v) is 5.59. The summed E-state index contributed by atoms with van der Waals surface area (Å²) in [5.74, 6) is -1.93. The van der Waals surface area contributed by atoms with Crippen LogP contribution in [0.2, 0.25) is 10.0 Å². The van der Waals surface area contributed by atoms with Gasteiger partial charge in [0, 0.05) is 33.8 Å². The van der Waals surface area contributed by atoms with Gasteiger partial charge in [-0.1, -0.05) is 29.3 Å². The molecule has 2 amide bonds. The van der Waals surface area contributed by atoms with E-state index in [1.807, 2.05) is 0 Å². The molecule has 0 unspecified atom stereocenters. The van der Waals surface area contributed by atoms with Crippen molar-refractivity contribution in [1.82, 2.24) is 0 Å². The smallest absolute Gasteiger partial charge is 0.311 e. The van der Waals surface area contributed by atoms with Crippen molar-refractivity contribution in [2.75, 3.05) is 23.4 Å². The van der Waals surface area contributed by atoms with Gasteiger partial charge in [-0.15, -0.1) is 0 Å². The highest BCUT2D eigenvalue weighted by Gasteiger charge is 2.36. The Kier molecular flexibility index (Phi) is 6.59. The van der Waals surface area contributed by atoms with Crippen LogP contribution in [-0.4, -0.2) is 30.9 Å². The average molecular weight is 486 g/mol. The van der Waals surface area contributed by atoms with Crippen molar-refractivity contribution in [1.29, 1.82) is 0 Å². The van der Waals surface area contributed by atoms with Gasteiger partial charge in [-0.3, -0.25) is 14.4 Å². The summed E-state index contributed by atoms with van der Waals surface area (Å²) in [5, 5.41) is 3.54. The van der Waals surface area contributed by atoms with Gasteiger partial charge in [-0.05, 0) is 52.3 Å². The van der Waals surface area contributed by atoms with Crippen LogP contribution in [0.5, 0.6) is 0 Å². The molecule has 9 heteroatoms. The molecule has 1 N–H and O–H groups in total. The van der Waals surface area contributed by atoms with Crippen LogP contribution in [0.4, 0.5) is 11.4 Å². The van der Waals surface area contributed by atoms with Gasteiger partial charge in [0.15, 0.2) is 6.61 Å². The lowest BCUT2D eigenvalue weighted by atomic mass is 10.1. The van der Waals surface area contributed by atoms with Gasteiger partial charge in [0.25, 0.3) is 5.91 Å². The topological polar surface area (TPSA) is 75.7 Å². The van der Waals surface area contributed by atoms with Gasteiger partial charge in [-0.25, -0.2) is 0 Å². The normalized spacial score (nSPS) is 16.2. The predicted octanol–water partition coefficient (Wildman–Crippen LogP) is 4.29. The molecule has 6 nitrogen and oxygen atoms in total. The van der Waals surface area contributed by atoms with Crippen LogP contribution in [0.15, 0.2) is 46.9 Å². The first kappa shape index (κ1) is 20.6. The number of nitrogens with zero attached hydrogens (tertiary/aromatic N) is 1. The largest absolute Gasteiger partial charge is 0.455 e. The molecule has 0 radical (unpaired) electrons. The van der Waals surface area contributed by atoms with Crippen molar-refractivity contribution < 1.29 is 19.1 Å². The lowest BCUT2D eigenvalue weighted by Crippen LogP contribution is -2.28. The van der Waals surface area contributed by atoms with Gasteiger partial charge in [0.2, 0.25) is 5.91 Å². The second kappa shape index (κ2) is 8.94. The van der Waals surface area contributed by atoms with E-state index in [1.165, 1.54) is 4.90 Å². The number of benzene rings is 2. The maximum atomic E-state index is 12.3. The van der Waals surface area contributed by atoms with Crippen LogP contribution in [-0.2, 0) is 19.1 Å². The highest BCUT2D eigenvalue weighted by Crippen LogP contribution is 2.28. The fourth-order valence-corrected chi connectivity index (χ4v) is 3.40. The second-order valence-electron chi connectivity index (χ2n) is 6.17. The van der Waals surface area contributed by atoms with Crippen molar-refractivity contribution in [3.63, 3.8) is 0 Å². The minimum Gasteiger partial charge on any atom is -0.455 e. The number of hydrogen-bond acceptors (Lipinski definition) is 4. The Hall–Kier alpha value is -2.09. The van der Waals surface area contributed by atoms with E-state index in [0.29, 0.717) is 25.9 Å². The molecular weight excluding hydrogens is 471 g/mol. The van der Waals surface area contributed by atoms with Crippen LogP contribution in [0.1, 0.15) is 6.42 Å². The Bertz CT molecular complexity index is 938. The number of carbonyl (C=O) groups excluding carboxylic acids is 3. The average Bonchev–Trinajstić information content (AvgIpc) is 3.05. The summed E-state index contributed by atoms with van der Waals surface area (Å²) in [6.07, 6.45) is 0.0231. The van der Waals surface area contributed by atoms with Crippen LogP contribution < -0.4 is 10.2 Å². The Balaban J connectivity index is 1.53. The van der Waals surface area contributed by atoms with Gasteiger partial charge in [0.1, 0.15) is 0 Å². The van der Waals surface area contributed by atoms with Crippen molar-refractivity contribution >= 4 is 68.3 Å². The number of ether oxygens (including phenoxy) is 1. The van der Waals surface area contributed by atoms with Crippen LogP contribution in [0.3, 0.4) is 0 Å². The monoisotopic (exact) mass is 484 g/mol. The SMILES string of the molecule is O=C(COC(=O)[C@H]1CC(=O)N(c2cccc(Cl)c2)C1)Nc1ccc(Br)c(Cl)c1. The Morgan fingerprint density at radius 1 is 1.21 bits per heavy atom. The highest BCUT2D eigenvalue weighted by molar-refractivity contribution is 9.10. The molecule has 1 fully saturated rings. The zero-order chi connectivity index (χ0) is 20.3. The number of anilines is 2. The molecular formula is C19H15BrCl2N2O4. The van der Waals surface area contributed by atoms with Crippen molar-refractivity contribution in [2.24, 2.45) is 5.92 Å². The Morgan fingerprint density at radius 2 is 2.00 bits per heavy atom. The molecule has 1 saturated heterocycles. The fourth-order valence-electron chi connectivity index (χ4n) is 2.78.